The standard InChI is InChI=1S/C9H10INO2.C9H11NO2/c1-5-3-8(11)6(4-7(5)10)9(12)13-2;1-6-3-4-7(8(10)5-6)9(11)12-2/h3-4H,11H2,1-2H3;3-5H,10H2,1-2H3. The Morgan fingerprint density at radius 3 is 1.92 bits per heavy atom. The average molecular weight is 456 g/mol. The lowest BCUT2D eigenvalue weighted by Crippen LogP contribution is -2.06. The van der Waals surface area contributed by atoms with Gasteiger partial charge in [0, 0.05) is 14.9 Å². The van der Waals surface area contributed by atoms with Crippen LogP contribution in [-0.4, -0.2) is 26.2 Å². The van der Waals surface area contributed by atoms with Gasteiger partial charge in [0.2, 0.25) is 0 Å². The van der Waals surface area contributed by atoms with E-state index in [1.54, 1.807) is 24.3 Å². The number of rotatable bonds is 2. The van der Waals surface area contributed by atoms with Crippen LogP contribution in [0, 0.1) is 17.4 Å². The van der Waals surface area contributed by atoms with Crippen molar-refractivity contribution in [1.82, 2.24) is 0 Å². The number of aryl methyl sites for hydroxylation is 2. The van der Waals surface area contributed by atoms with Gasteiger partial charge in [0.25, 0.3) is 0 Å². The van der Waals surface area contributed by atoms with Gasteiger partial charge in [-0.25, -0.2) is 9.59 Å². The van der Waals surface area contributed by atoms with Gasteiger partial charge in [-0.05, 0) is 71.8 Å². The Labute approximate surface area is 160 Å². The zero-order valence-corrected chi connectivity index (χ0v) is 16.7. The Morgan fingerprint density at radius 1 is 0.880 bits per heavy atom. The molecule has 134 valence electrons. The van der Waals surface area contributed by atoms with E-state index in [-0.39, 0.29) is 0 Å². The third-order valence-corrected chi connectivity index (χ3v) is 4.51. The lowest BCUT2D eigenvalue weighted by molar-refractivity contribution is 0.0593. The molecule has 0 spiro atoms. The monoisotopic (exact) mass is 456 g/mol. The second-order valence-electron chi connectivity index (χ2n) is 5.26. The molecule has 0 aromatic heterocycles. The van der Waals surface area contributed by atoms with E-state index in [0.29, 0.717) is 22.5 Å². The van der Waals surface area contributed by atoms with E-state index in [4.69, 9.17) is 11.5 Å². The van der Waals surface area contributed by atoms with E-state index < -0.39 is 11.9 Å². The molecule has 25 heavy (non-hydrogen) atoms. The first-order valence-electron chi connectivity index (χ1n) is 7.29. The largest absolute Gasteiger partial charge is 0.465 e. The van der Waals surface area contributed by atoms with Crippen molar-refractivity contribution in [3.8, 4) is 0 Å². The molecule has 0 unspecified atom stereocenters. The lowest BCUT2D eigenvalue weighted by atomic mass is 10.1. The minimum atomic E-state index is -0.396. The predicted molar refractivity (Wildman–Crippen MR) is 107 cm³/mol. The number of nitrogen functional groups attached to an aromatic ring is 2. The van der Waals surface area contributed by atoms with Crippen LogP contribution in [0.3, 0.4) is 0 Å². The second kappa shape index (κ2) is 9.26. The van der Waals surface area contributed by atoms with Crippen molar-refractivity contribution in [2.75, 3.05) is 25.7 Å². The molecule has 2 aromatic carbocycles. The van der Waals surface area contributed by atoms with Crippen molar-refractivity contribution >= 4 is 45.9 Å². The Kier molecular flexibility index (Phi) is 7.69. The van der Waals surface area contributed by atoms with Gasteiger partial charge < -0.3 is 20.9 Å². The van der Waals surface area contributed by atoms with Crippen molar-refractivity contribution in [2.45, 2.75) is 13.8 Å². The SMILES string of the molecule is COC(=O)c1cc(I)c(C)cc1N.COC(=O)c1ccc(C)cc1N. The van der Waals surface area contributed by atoms with Crippen LogP contribution in [0.5, 0.6) is 0 Å². The Hall–Kier alpha value is -2.29. The van der Waals surface area contributed by atoms with E-state index in [1.807, 2.05) is 19.9 Å². The van der Waals surface area contributed by atoms with E-state index in [9.17, 15) is 9.59 Å². The van der Waals surface area contributed by atoms with E-state index in [2.05, 4.69) is 32.1 Å². The normalized spacial score (nSPS) is 9.64. The molecule has 0 amide bonds. The Balaban J connectivity index is 0.000000251. The molecule has 7 heteroatoms. The molecule has 2 rings (SSSR count). The average Bonchev–Trinajstić information content (AvgIpc) is 2.57. The Bertz CT molecular complexity index is 791. The number of carbonyl (C=O) groups is 2. The topological polar surface area (TPSA) is 105 Å². The summed E-state index contributed by atoms with van der Waals surface area (Å²) in [7, 11) is 2.68. The highest BCUT2D eigenvalue weighted by Crippen LogP contribution is 2.20. The fraction of sp³-hybridized carbons (Fsp3) is 0.222. The van der Waals surface area contributed by atoms with Crippen LogP contribution in [-0.2, 0) is 9.47 Å². The van der Waals surface area contributed by atoms with Gasteiger partial charge in [-0.1, -0.05) is 6.07 Å². The summed E-state index contributed by atoms with van der Waals surface area (Å²) in [5.41, 5.74) is 15.1. The molecule has 6 nitrogen and oxygen atoms in total. The fourth-order valence-electron chi connectivity index (χ4n) is 1.97. The predicted octanol–water partition coefficient (Wildman–Crippen LogP) is 3.33. The number of hydrogen-bond donors (Lipinski definition) is 2. The highest BCUT2D eigenvalue weighted by molar-refractivity contribution is 14.1. The number of carbonyl (C=O) groups excluding carboxylic acids is 2. The smallest absolute Gasteiger partial charge is 0.339 e. The molecule has 0 saturated carbocycles. The first-order valence-corrected chi connectivity index (χ1v) is 8.37. The molecule has 0 aliphatic rings. The molecule has 0 bridgehead atoms. The van der Waals surface area contributed by atoms with Gasteiger partial charge in [-0.3, -0.25) is 0 Å². The molecule has 0 heterocycles. The van der Waals surface area contributed by atoms with E-state index in [1.165, 1.54) is 14.2 Å². The first-order chi connectivity index (χ1) is 11.7. The van der Waals surface area contributed by atoms with E-state index >= 15 is 0 Å². The quantitative estimate of drug-likeness (QED) is 0.408. The summed E-state index contributed by atoms with van der Waals surface area (Å²) in [6, 6.07) is 8.73. The summed E-state index contributed by atoms with van der Waals surface area (Å²) in [5.74, 6) is -0.789. The van der Waals surface area contributed by atoms with Crippen LogP contribution in [0.2, 0.25) is 0 Å². The number of nitrogens with two attached hydrogens (primary N) is 2. The van der Waals surface area contributed by atoms with Crippen LogP contribution in [0.25, 0.3) is 0 Å². The maximum atomic E-state index is 11.2. The van der Waals surface area contributed by atoms with Crippen molar-refractivity contribution < 1.29 is 19.1 Å². The molecule has 2 aromatic rings. The summed E-state index contributed by atoms with van der Waals surface area (Å²) in [6.07, 6.45) is 0. The zero-order chi connectivity index (χ0) is 19.1. The van der Waals surface area contributed by atoms with Gasteiger partial charge in [0.1, 0.15) is 0 Å². The van der Waals surface area contributed by atoms with Gasteiger partial charge in [0.05, 0.1) is 25.3 Å². The van der Waals surface area contributed by atoms with Crippen molar-refractivity contribution in [1.29, 1.82) is 0 Å². The minimum Gasteiger partial charge on any atom is -0.465 e. The maximum Gasteiger partial charge on any atom is 0.339 e. The minimum absolute atomic E-state index is 0.393. The van der Waals surface area contributed by atoms with Gasteiger partial charge in [0.15, 0.2) is 0 Å². The van der Waals surface area contributed by atoms with E-state index in [0.717, 1.165) is 14.7 Å². The summed E-state index contributed by atoms with van der Waals surface area (Å²) >= 11 is 2.15. The van der Waals surface area contributed by atoms with Crippen LogP contribution in [0.15, 0.2) is 30.3 Å². The maximum absolute atomic E-state index is 11.2. The molecule has 0 aliphatic heterocycles. The summed E-state index contributed by atoms with van der Waals surface area (Å²) in [5, 5.41) is 0. The molecule has 0 aliphatic carbocycles. The lowest BCUT2D eigenvalue weighted by Gasteiger charge is -2.06. The third-order valence-electron chi connectivity index (χ3n) is 3.35. The molecule has 4 N–H and O–H groups in total. The number of ether oxygens (including phenoxy) is 2. The number of halogens is 1. The number of benzene rings is 2. The molecule has 0 saturated heterocycles. The number of methoxy groups -OCH3 is 2. The molecule has 0 fully saturated rings. The summed E-state index contributed by atoms with van der Waals surface area (Å²) in [6.45, 7) is 3.86. The number of hydrogen-bond acceptors (Lipinski definition) is 6. The molecular formula is C18H21IN2O4. The molecule has 0 radical (unpaired) electrons. The second-order valence-corrected chi connectivity index (χ2v) is 6.42. The highest BCUT2D eigenvalue weighted by atomic mass is 127. The van der Waals surface area contributed by atoms with Gasteiger partial charge >= 0.3 is 11.9 Å². The van der Waals surface area contributed by atoms with Crippen LogP contribution in [0.4, 0.5) is 11.4 Å². The van der Waals surface area contributed by atoms with Crippen molar-refractivity contribution in [3.05, 3.63) is 56.2 Å². The zero-order valence-electron chi connectivity index (χ0n) is 14.6. The van der Waals surface area contributed by atoms with Crippen molar-refractivity contribution in [2.24, 2.45) is 0 Å². The van der Waals surface area contributed by atoms with Crippen LogP contribution >= 0.6 is 22.6 Å². The number of anilines is 2. The first kappa shape index (κ1) is 20.8. The summed E-state index contributed by atoms with van der Waals surface area (Å²) < 4.78 is 10.1. The number of esters is 2. The van der Waals surface area contributed by atoms with Gasteiger partial charge in [-0.15, -0.1) is 0 Å². The highest BCUT2D eigenvalue weighted by Gasteiger charge is 2.11. The fourth-order valence-corrected chi connectivity index (χ4v) is 2.44. The Morgan fingerprint density at radius 2 is 1.40 bits per heavy atom. The van der Waals surface area contributed by atoms with Crippen molar-refractivity contribution in [3.63, 3.8) is 0 Å². The summed E-state index contributed by atoms with van der Waals surface area (Å²) in [4.78, 5) is 22.2. The van der Waals surface area contributed by atoms with Crippen LogP contribution in [0.1, 0.15) is 31.8 Å². The third kappa shape index (κ3) is 5.63. The van der Waals surface area contributed by atoms with Gasteiger partial charge in [-0.2, -0.15) is 0 Å². The van der Waals surface area contributed by atoms with Crippen LogP contribution < -0.4 is 11.5 Å². The molecular weight excluding hydrogens is 435 g/mol. The molecule has 0 atom stereocenters.